The smallest absolute Gasteiger partial charge is 0.417 e. The fraction of sp³-hybridized carbons (Fsp3) is 0.816. The van der Waals surface area contributed by atoms with Gasteiger partial charge in [-0.15, -0.1) is 0 Å². The standard InChI is InChI=1S/C49H87N3O9/c1-3-5-7-9-11-13-15-17-18-19-20-22-24-26-28-33-37-59-48(57)51(36-32-27-25-23-21-16-14-12-10-8-6-4-2)47-44(46(56)45(55)42(39-53)61-47)52(43(54)38-50)49(58)60-40-41-34-30-29-31-35-41/h29-31,34-35,42,44-47,53,55-56H,3-28,32-33,36-40,50H2,1-2H3/t42-,44-,45+,46-,47-/m1/s1. The molecule has 61 heavy (non-hydrogen) atoms. The number of nitrogens with zero attached hydrogens (tertiary/aromatic N) is 2. The number of benzene rings is 1. The molecule has 1 aromatic rings. The number of aliphatic hydroxyl groups excluding tert-OH is 3. The zero-order valence-corrected chi connectivity index (χ0v) is 38.4. The molecule has 0 radical (unpaired) electrons. The van der Waals surface area contributed by atoms with Gasteiger partial charge in [-0.25, -0.2) is 14.5 Å². The summed E-state index contributed by atoms with van der Waals surface area (Å²) in [4.78, 5) is 43.0. The number of hydrogen-bond donors (Lipinski definition) is 4. The van der Waals surface area contributed by atoms with E-state index < -0.39 is 61.8 Å². The van der Waals surface area contributed by atoms with Crippen LogP contribution in [0.3, 0.4) is 0 Å². The van der Waals surface area contributed by atoms with Crippen LogP contribution in [-0.2, 0) is 25.6 Å². The maximum Gasteiger partial charge on any atom is 0.417 e. The van der Waals surface area contributed by atoms with Crippen molar-refractivity contribution in [1.82, 2.24) is 9.80 Å². The highest BCUT2D eigenvalue weighted by Crippen LogP contribution is 2.30. The summed E-state index contributed by atoms with van der Waals surface area (Å²) in [6.45, 7) is 3.34. The molecule has 5 atom stereocenters. The number of amides is 3. The van der Waals surface area contributed by atoms with Gasteiger partial charge >= 0.3 is 12.2 Å². The van der Waals surface area contributed by atoms with Gasteiger partial charge in [-0.05, 0) is 18.4 Å². The summed E-state index contributed by atoms with van der Waals surface area (Å²) in [5.41, 5.74) is 6.44. The number of nitrogens with two attached hydrogens (primary N) is 1. The quantitative estimate of drug-likeness (QED) is 0.0476. The van der Waals surface area contributed by atoms with Crippen LogP contribution in [0.1, 0.15) is 199 Å². The predicted molar refractivity (Wildman–Crippen MR) is 243 cm³/mol. The summed E-state index contributed by atoms with van der Waals surface area (Å²) >= 11 is 0. The molecule has 1 heterocycles. The molecular weight excluding hydrogens is 775 g/mol. The third-order valence-electron chi connectivity index (χ3n) is 12.0. The first-order chi connectivity index (χ1) is 29.8. The van der Waals surface area contributed by atoms with Gasteiger partial charge in [0.25, 0.3) is 0 Å². The van der Waals surface area contributed by atoms with E-state index in [1.54, 1.807) is 24.3 Å². The van der Waals surface area contributed by atoms with E-state index in [0.29, 0.717) is 23.3 Å². The Morgan fingerprint density at radius 3 is 1.49 bits per heavy atom. The number of carbonyl (C=O) groups is 3. The first-order valence-electron chi connectivity index (χ1n) is 24.6. The molecule has 5 N–H and O–H groups in total. The van der Waals surface area contributed by atoms with Gasteiger partial charge in [-0.3, -0.25) is 9.69 Å². The van der Waals surface area contributed by atoms with Crippen molar-refractivity contribution in [3.05, 3.63) is 35.9 Å². The Morgan fingerprint density at radius 2 is 1.05 bits per heavy atom. The molecule has 0 bridgehead atoms. The SMILES string of the molecule is CCCCCCCCCCCCCCCCCCOC(=O)N(CCCCCCCCCCCCCC)[C@@H]1O[C@H](CO)[C@H](O)[C@H](O)[C@H]1N(C(=O)CN)C(=O)OCc1ccccc1. The van der Waals surface area contributed by atoms with Crippen molar-refractivity contribution in [2.45, 2.75) is 231 Å². The predicted octanol–water partition coefficient (Wildman–Crippen LogP) is 10.3. The van der Waals surface area contributed by atoms with Gasteiger partial charge in [-0.2, -0.15) is 0 Å². The van der Waals surface area contributed by atoms with Gasteiger partial charge < -0.3 is 35.3 Å². The molecule has 1 aromatic carbocycles. The van der Waals surface area contributed by atoms with Crippen LogP contribution in [-0.4, -0.2) is 100 Å². The molecule has 0 spiro atoms. The fourth-order valence-corrected chi connectivity index (χ4v) is 8.23. The van der Waals surface area contributed by atoms with Crippen molar-refractivity contribution in [3.8, 4) is 0 Å². The van der Waals surface area contributed by atoms with E-state index in [1.807, 2.05) is 6.07 Å². The van der Waals surface area contributed by atoms with Gasteiger partial charge in [0.1, 0.15) is 31.0 Å². The maximum atomic E-state index is 14.0. The van der Waals surface area contributed by atoms with Gasteiger partial charge in [0, 0.05) is 6.54 Å². The molecule has 0 aromatic heterocycles. The molecule has 1 saturated heterocycles. The minimum Gasteiger partial charge on any atom is -0.449 e. The number of aliphatic hydroxyl groups is 3. The minimum atomic E-state index is -1.80. The Kier molecular flexibility index (Phi) is 31.8. The normalized spacial score (nSPS) is 18.8. The van der Waals surface area contributed by atoms with Crippen molar-refractivity contribution < 1.29 is 43.9 Å². The summed E-state index contributed by atoms with van der Waals surface area (Å²) < 4.78 is 17.4. The molecule has 2 rings (SSSR count). The van der Waals surface area contributed by atoms with Crippen LogP contribution < -0.4 is 5.73 Å². The van der Waals surface area contributed by atoms with Crippen molar-refractivity contribution in [3.63, 3.8) is 0 Å². The average Bonchev–Trinajstić information content (AvgIpc) is 3.27. The Morgan fingerprint density at radius 1 is 0.607 bits per heavy atom. The molecule has 12 nitrogen and oxygen atoms in total. The first-order valence-corrected chi connectivity index (χ1v) is 24.6. The first kappa shape index (κ1) is 54.4. The van der Waals surface area contributed by atoms with E-state index in [4.69, 9.17) is 19.9 Å². The number of carbonyl (C=O) groups excluding carboxylic acids is 3. The molecule has 1 aliphatic heterocycles. The van der Waals surface area contributed by atoms with Crippen LogP contribution >= 0.6 is 0 Å². The van der Waals surface area contributed by atoms with Crippen LogP contribution in [0.25, 0.3) is 0 Å². The minimum absolute atomic E-state index is 0.140. The van der Waals surface area contributed by atoms with Crippen molar-refractivity contribution in [1.29, 1.82) is 0 Å². The highest BCUT2D eigenvalue weighted by Gasteiger charge is 2.53. The van der Waals surface area contributed by atoms with E-state index >= 15 is 0 Å². The van der Waals surface area contributed by atoms with E-state index in [0.717, 1.165) is 44.9 Å². The zero-order chi connectivity index (χ0) is 44.3. The molecule has 0 saturated carbocycles. The number of rotatable bonds is 36. The lowest BCUT2D eigenvalue weighted by Gasteiger charge is -2.48. The van der Waals surface area contributed by atoms with Crippen LogP contribution in [0, 0.1) is 0 Å². The molecular formula is C49H87N3O9. The van der Waals surface area contributed by atoms with E-state index in [-0.39, 0.29) is 19.8 Å². The third kappa shape index (κ3) is 22.9. The average molecular weight is 862 g/mol. The molecule has 0 unspecified atom stereocenters. The largest absolute Gasteiger partial charge is 0.449 e. The van der Waals surface area contributed by atoms with Crippen LogP contribution in [0.5, 0.6) is 0 Å². The number of imide groups is 1. The van der Waals surface area contributed by atoms with Crippen molar-refractivity contribution in [2.24, 2.45) is 5.73 Å². The molecule has 352 valence electrons. The van der Waals surface area contributed by atoms with Gasteiger partial charge in [-0.1, -0.05) is 211 Å². The second kappa shape index (κ2) is 35.7. The Bertz CT molecular complexity index is 1240. The monoisotopic (exact) mass is 862 g/mol. The lowest BCUT2D eigenvalue weighted by Crippen LogP contribution is -2.70. The van der Waals surface area contributed by atoms with E-state index in [2.05, 4.69) is 13.8 Å². The summed E-state index contributed by atoms with van der Waals surface area (Å²) in [6.07, 6.45) is 25.1. The second-order valence-corrected chi connectivity index (χ2v) is 17.2. The number of ether oxygens (including phenoxy) is 3. The van der Waals surface area contributed by atoms with Crippen LogP contribution in [0.4, 0.5) is 9.59 Å². The highest BCUT2D eigenvalue weighted by molar-refractivity contribution is 5.93. The zero-order valence-electron chi connectivity index (χ0n) is 38.4. The van der Waals surface area contributed by atoms with Crippen LogP contribution in [0.15, 0.2) is 30.3 Å². The summed E-state index contributed by atoms with van der Waals surface area (Å²) in [5.74, 6) is -0.891. The highest BCUT2D eigenvalue weighted by atomic mass is 16.6. The summed E-state index contributed by atoms with van der Waals surface area (Å²) in [6, 6.07) is 7.30. The Balaban J connectivity index is 2.02. The number of unbranched alkanes of at least 4 members (excludes halogenated alkanes) is 26. The topological polar surface area (TPSA) is 172 Å². The number of hydrogen-bond acceptors (Lipinski definition) is 10. The van der Waals surface area contributed by atoms with E-state index in [9.17, 15) is 29.7 Å². The lowest BCUT2D eigenvalue weighted by molar-refractivity contribution is -0.240. The van der Waals surface area contributed by atoms with Crippen LogP contribution in [0.2, 0.25) is 0 Å². The van der Waals surface area contributed by atoms with E-state index in [1.165, 1.54) is 127 Å². The molecule has 1 aliphatic rings. The summed E-state index contributed by atoms with van der Waals surface area (Å²) in [7, 11) is 0. The maximum absolute atomic E-state index is 14.0. The molecule has 12 heteroatoms. The molecule has 1 fully saturated rings. The molecule has 0 aliphatic carbocycles. The van der Waals surface area contributed by atoms with Gasteiger partial charge in [0.15, 0.2) is 6.23 Å². The van der Waals surface area contributed by atoms with Gasteiger partial charge in [0.2, 0.25) is 5.91 Å². The summed E-state index contributed by atoms with van der Waals surface area (Å²) in [5, 5.41) is 32.7. The lowest BCUT2D eigenvalue weighted by atomic mass is 9.94. The van der Waals surface area contributed by atoms with Gasteiger partial charge in [0.05, 0.1) is 19.8 Å². The second-order valence-electron chi connectivity index (χ2n) is 17.2. The third-order valence-corrected chi connectivity index (χ3v) is 12.0. The van der Waals surface area contributed by atoms with Crippen molar-refractivity contribution >= 4 is 18.1 Å². The Labute approximate surface area is 369 Å². The Hall–Kier alpha value is -2.77. The fourth-order valence-electron chi connectivity index (χ4n) is 8.23. The molecule has 3 amide bonds. The van der Waals surface area contributed by atoms with Crippen molar-refractivity contribution in [2.75, 3.05) is 26.3 Å².